The number of amides is 1. The van der Waals surface area contributed by atoms with Gasteiger partial charge in [0, 0.05) is 6.42 Å². The number of hydrogen-bond donors (Lipinski definition) is 3. The van der Waals surface area contributed by atoms with E-state index in [1.807, 2.05) is 0 Å². The van der Waals surface area contributed by atoms with E-state index in [1.54, 1.807) is 32.9 Å². The highest BCUT2D eigenvalue weighted by Crippen LogP contribution is 2.16. The molecule has 0 aliphatic heterocycles. The lowest BCUT2D eigenvalue weighted by atomic mass is 10.1. The maximum atomic E-state index is 12.2. The molecule has 4 N–H and O–H groups in total. The summed E-state index contributed by atoms with van der Waals surface area (Å²) in [6, 6.07) is 5.09. The fraction of sp³-hybridized carbons (Fsp3) is 0.529. The third-order valence-electron chi connectivity index (χ3n) is 2.99. The van der Waals surface area contributed by atoms with Gasteiger partial charge in [0.15, 0.2) is 5.84 Å². The van der Waals surface area contributed by atoms with Crippen molar-refractivity contribution in [2.45, 2.75) is 45.4 Å². The first-order valence-electron chi connectivity index (χ1n) is 8.20. The van der Waals surface area contributed by atoms with Crippen molar-refractivity contribution in [1.82, 2.24) is 5.32 Å². The van der Waals surface area contributed by atoms with Gasteiger partial charge in [-0.2, -0.15) is 8.78 Å². The molecule has 0 aliphatic rings. The summed E-state index contributed by atoms with van der Waals surface area (Å²) in [7, 11) is 0. The molecule has 0 aliphatic carbocycles. The van der Waals surface area contributed by atoms with Crippen LogP contribution in [0.15, 0.2) is 29.4 Å². The van der Waals surface area contributed by atoms with Crippen molar-refractivity contribution >= 4 is 11.9 Å². The second kappa shape index (κ2) is 10.5. The van der Waals surface area contributed by atoms with Crippen LogP contribution in [0, 0.1) is 0 Å². The number of hydrogen-bond acceptors (Lipinski definition) is 6. The largest absolute Gasteiger partial charge is 0.444 e. The van der Waals surface area contributed by atoms with Crippen LogP contribution in [0.3, 0.4) is 0 Å². The molecule has 0 fully saturated rings. The Labute approximate surface area is 156 Å². The van der Waals surface area contributed by atoms with E-state index < -0.39 is 24.3 Å². The second-order valence-corrected chi connectivity index (χ2v) is 6.50. The van der Waals surface area contributed by atoms with Crippen LogP contribution in [-0.4, -0.2) is 48.5 Å². The molecule has 1 rings (SSSR count). The minimum Gasteiger partial charge on any atom is -0.444 e. The number of carbonyl (C=O) groups excluding carboxylic acids is 1. The number of alkyl halides is 2. The molecule has 0 radical (unpaired) electrons. The van der Waals surface area contributed by atoms with Gasteiger partial charge in [-0.15, -0.1) is 0 Å². The van der Waals surface area contributed by atoms with Crippen LogP contribution in [0.1, 0.15) is 26.3 Å². The second-order valence-electron chi connectivity index (χ2n) is 6.50. The molecule has 0 saturated heterocycles. The van der Waals surface area contributed by atoms with E-state index in [1.165, 1.54) is 12.1 Å². The number of alkyl carbamates (subject to hydrolysis) is 1. The summed E-state index contributed by atoms with van der Waals surface area (Å²) in [5.74, 6) is -0.0273. The number of rotatable bonds is 9. The van der Waals surface area contributed by atoms with E-state index in [2.05, 4.69) is 15.2 Å². The number of nitrogens with one attached hydrogen (secondary N) is 1. The van der Waals surface area contributed by atoms with Crippen molar-refractivity contribution in [2.24, 2.45) is 10.9 Å². The van der Waals surface area contributed by atoms with Crippen molar-refractivity contribution in [3.05, 3.63) is 29.8 Å². The van der Waals surface area contributed by atoms with Gasteiger partial charge in [0.2, 0.25) is 0 Å². The molecule has 8 nitrogen and oxygen atoms in total. The highest BCUT2D eigenvalue weighted by Gasteiger charge is 2.22. The van der Waals surface area contributed by atoms with Crippen LogP contribution in [-0.2, 0) is 16.0 Å². The highest BCUT2D eigenvalue weighted by atomic mass is 19.3. The fourth-order valence-electron chi connectivity index (χ4n) is 1.95. The first-order valence-corrected chi connectivity index (χ1v) is 8.20. The van der Waals surface area contributed by atoms with E-state index in [4.69, 9.17) is 20.4 Å². The van der Waals surface area contributed by atoms with Gasteiger partial charge in [-0.05, 0) is 38.5 Å². The lowest BCUT2D eigenvalue weighted by molar-refractivity contribution is -0.0498. The van der Waals surface area contributed by atoms with Gasteiger partial charge in [-0.25, -0.2) is 4.79 Å². The fourth-order valence-corrected chi connectivity index (χ4v) is 1.95. The lowest BCUT2D eigenvalue weighted by Gasteiger charge is -2.23. The Morgan fingerprint density at radius 1 is 1.30 bits per heavy atom. The van der Waals surface area contributed by atoms with Crippen LogP contribution >= 0.6 is 0 Å². The monoisotopic (exact) mass is 389 g/mol. The minimum atomic E-state index is -2.91. The molecule has 1 amide bonds. The van der Waals surface area contributed by atoms with Crippen LogP contribution < -0.4 is 15.8 Å². The van der Waals surface area contributed by atoms with Crippen LogP contribution in [0.25, 0.3) is 0 Å². The standard InChI is InChI=1S/C17H25F2N3O5/c1-17(2,3)27-16(24)21-13(14(20)22-25-9-8-23)10-11-4-6-12(7-5-11)26-15(18)19/h4-7,13,15,23H,8-10H2,1-3H3,(H2,20,22)(H,21,24)/t13-/m0/s1. The molecular weight excluding hydrogens is 364 g/mol. The Morgan fingerprint density at radius 3 is 2.44 bits per heavy atom. The van der Waals surface area contributed by atoms with Gasteiger partial charge in [-0.3, -0.25) is 0 Å². The zero-order chi connectivity index (χ0) is 20.4. The van der Waals surface area contributed by atoms with Gasteiger partial charge in [0.1, 0.15) is 18.0 Å². The molecule has 27 heavy (non-hydrogen) atoms. The third kappa shape index (κ3) is 9.59. The number of benzene rings is 1. The molecular formula is C17H25F2N3O5. The SMILES string of the molecule is CC(C)(C)OC(=O)N[C@@H](Cc1ccc(OC(F)F)cc1)/C(N)=N/OCCO. The summed E-state index contributed by atoms with van der Waals surface area (Å²) >= 11 is 0. The number of amidine groups is 1. The molecule has 0 unspecified atom stereocenters. The van der Waals surface area contributed by atoms with Crippen molar-refractivity contribution in [1.29, 1.82) is 0 Å². The van der Waals surface area contributed by atoms with Gasteiger partial charge >= 0.3 is 12.7 Å². The highest BCUT2D eigenvalue weighted by molar-refractivity contribution is 5.88. The molecule has 1 atom stereocenters. The molecule has 0 aromatic heterocycles. The number of nitrogens with two attached hydrogens (primary N) is 1. The average Bonchev–Trinajstić information content (AvgIpc) is 2.54. The number of carbonyl (C=O) groups is 1. The molecule has 1 aromatic carbocycles. The average molecular weight is 389 g/mol. The molecule has 10 heteroatoms. The summed E-state index contributed by atoms with van der Waals surface area (Å²) < 4.78 is 33.9. The van der Waals surface area contributed by atoms with Crippen LogP contribution in [0.4, 0.5) is 13.6 Å². The Balaban J connectivity index is 2.86. The van der Waals surface area contributed by atoms with Gasteiger partial charge in [0.25, 0.3) is 0 Å². The van der Waals surface area contributed by atoms with E-state index >= 15 is 0 Å². The Bertz CT molecular complexity index is 618. The summed E-state index contributed by atoms with van der Waals surface area (Å²) in [5, 5.41) is 15.0. The maximum absolute atomic E-state index is 12.2. The number of nitrogens with zero attached hydrogens (tertiary/aromatic N) is 1. The van der Waals surface area contributed by atoms with E-state index in [0.29, 0.717) is 5.56 Å². The summed E-state index contributed by atoms with van der Waals surface area (Å²) in [5.41, 5.74) is 5.84. The van der Waals surface area contributed by atoms with Gasteiger partial charge in [0.05, 0.1) is 12.6 Å². The van der Waals surface area contributed by atoms with Gasteiger partial charge < -0.3 is 30.5 Å². The zero-order valence-corrected chi connectivity index (χ0v) is 15.4. The normalized spacial score (nSPS) is 13.2. The summed E-state index contributed by atoms with van der Waals surface area (Å²) in [6.07, 6.45) is -0.503. The molecule has 1 aromatic rings. The summed E-state index contributed by atoms with van der Waals surface area (Å²) in [6.45, 7) is 1.93. The zero-order valence-electron chi connectivity index (χ0n) is 15.4. The predicted molar refractivity (Wildman–Crippen MR) is 94.6 cm³/mol. The van der Waals surface area contributed by atoms with Crippen molar-refractivity contribution in [3.8, 4) is 5.75 Å². The van der Waals surface area contributed by atoms with Crippen molar-refractivity contribution < 1.29 is 33.0 Å². The number of halogens is 2. The van der Waals surface area contributed by atoms with Gasteiger partial charge in [-0.1, -0.05) is 17.3 Å². The molecule has 0 saturated carbocycles. The topological polar surface area (TPSA) is 115 Å². The van der Waals surface area contributed by atoms with Crippen molar-refractivity contribution in [3.63, 3.8) is 0 Å². The van der Waals surface area contributed by atoms with E-state index in [9.17, 15) is 13.6 Å². The predicted octanol–water partition coefficient (Wildman–Crippen LogP) is 2.00. The smallest absolute Gasteiger partial charge is 0.408 e. The van der Waals surface area contributed by atoms with Crippen LogP contribution in [0.5, 0.6) is 5.75 Å². The lowest BCUT2D eigenvalue weighted by Crippen LogP contribution is -2.47. The molecule has 0 spiro atoms. The number of ether oxygens (including phenoxy) is 2. The molecule has 0 heterocycles. The maximum Gasteiger partial charge on any atom is 0.408 e. The first-order chi connectivity index (χ1) is 12.6. The Morgan fingerprint density at radius 2 is 1.93 bits per heavy atom. The summed E-state index contributed by atoms with van der Waals surface area (Å²) in [4.78, 5) is 16.9. The number of oxime groups is 1. The molecule has 152 valence electrons. The Hall–Kier alpha value is -2.62. The Kier molecular flexibility index (Phi) is 8.73. The number of aliphatic hydroxyl groups is 1. The first kappa shape index (κ1) is 22.4. The van der Waals surface area contributed by atoms with E-state index in [0.717, 1.165) is 0 Å². The van der Waals surface area contributed by atoms with Crippen LogP contribution in [0.2, 0.25) is 0 Å². The number of aliphatic hydroxyl groups excluding tert-OH is 1. The quantitative estimate of drug-likeness (QED) is 0.258. The molecule has 0 bridgehead atoms. The third-order valence-corrected chi connectivity index (χ3v) is 2.99. The van der Waals surface area contributed by atoms with Crippen molar-refractivity contribution in [2.75, 3.05) is 13.2 Å². The minimum absolute atomic E-state index is 0.0123. The van der Waals surface area contributed by atoms with E-state index in [-0.39, 0.29) is 31.2 Å².